The first-order valence-electron chi connectivity index (χ1n) is 3.75. The Balaban J connectivity index is 2.92. The van der Waals surface area contributed by atoms with Crippen LogP contribution >= 0.6 is 15.9 Å². The van der Waals surface area contributed by atoms with Crippen molar-refractivity contribution in [3.05, 3.63) is 23.8 Å². The van der Waals surface area contributed by atoms with E-state index in [1.165, 1.54) is 6.07 Å². The van der Waals surface area contributed by atoms with E-state index in [1.54, 1.807) is 12.1 Å². The van der Waals surface area contributed by atoms with E-state index in [0.717, 1.165) is 5.56 Å². The van der Waals surface area contributed by atoms with Gasteiger partial charge in [-0.3, -0.25) is 0 Å². The maximum atomic E-state index is 9.38. The van der Waals surface area contributed by atoms with E-state index < -0.39 is 0 Å². The molecule has 0 radical (unpaired) electrons. The normalized spacial score (nSPS) is 12.8. The van der Waals surface area contributed by atoms with Crippen molar-refractivity contribution < 1.29 is 10.2 Å². The zero-order valence-electron chi connectivity index (χ0n) is 6.79. The molecule has 0 spiro atoms. The summed E-state index contributed by atoms with van der Waals surface area (Å²) in [5, 5.41) is 18.5. The first-order chi connectivity index (χ1) is 5.61. The third-order valence-electron chi connectivity index (χ3n) is 1.60. The smallest absolute Gasteiger partial charge is 0.160 e. The van der Waals surface area contributed by atoms with Crippen LogP contribution < -0.4 is 0 Å². The van der Waals surface area contributed by atoms with Gasteiger partial charge in [0.25, 0.3) is 0 Å². The van der Waals surface area contributed by atoms with Gasteiger partial charge in [0.05, 0.1) is 0 Å². The lowest BCUT2D eigenvalue weighted by atomic mass is 10.1. The van der Waals surface area contributed by atoms with Crippen molar-refractivity contribution in [3.8, 4) is 11.5 Å². The minimum Gasteiger partial charge on any atom is -0.504 e. The van der Waals surface area contributed by atoms with Crippen molar-refractivity contribution in [2.45, 2.75) is 18.2 Å². The Labute approximate surface area is 80.0 Å². The van der Waals surface area contributed by atoms with Gasteiger partial charge in [-0.15, -0.1) is 0 Å². The molecule has 0 aromatic heterocycles. The Morgan fingerprint density at radius 2 is 2.08 bits per heavy atom. The third kappa shape index (κ3) is 2.14. The second-order valence-corrected chi connectivity index (χ2v) is 4.33. The Morgan fingerprint density at radius 1 is 1.42 bits per heavy atom. The highest BCUT2D eigenvalue weighted by Gasteiger charge is 2.07. The standard InChI is InChI=1S/C9H11BrO2/c1-6(10)5-7-3-2-4-8(11)9(7)12/h2-4,6,11-12H,5H2,1H3. The molecular formula is C9H11BrO2. The fourth-order valence-electron chi connectivity index (χ4n) is 1.05. The van der Waals surface area contributed by atoms with Crippen molar-refractivity contribution in [1.29, 1.82) is 0 Å². The van der Waals surface area contributed by atoms with Crippen LogP contribution in [0.4, 0.5) is 0 Å². The van der Waals surface area contributed by atoms with Crippen molar-refractivity contribution in [3.63, 3.8) is 0 Å². The van der Waals surface area contributed by atoms with Crippen LogP contribution in [0.5, 0.6) is 11.5 Å². The van der Waals surface area contributed by atoms with Crippen LogP contribution in [0.2, 0.25) is 0 Å². The quantitative estimate of drug-likeness (QED) is 0.606. The molecule has 1 atom stereocenters. The van der Waals surface area contributed by atoms with Gasteiger partial charge in [-0.05, 0) is 18.1 Å². The van der Waals surface area contributed by atoms with E-state index in [9.17, 15) is 5.11 Å². The van der Waals surface area contributed by atoms with E-state index in [4.69, 9.17) is 5.11 Å². The Hall–Kier alpha value is -0.700. The Morgan fingerprint density at radius 3 is 2.67 bits per heavy atom. The highest BCUT2D eigenvalue weighted by atomic mass is 79.9. The van der Waals surface area contributed by atoms with Crippen LogP contribution in [0.15, 0.2) is 18.2 Å². The largest absolute Gasteiger partial charge is 0.504 e. The lowest BCUT2D eigenvalue weighted by molar-refractivity contribution is 0.399. The van der Waals surface area contributed by atoms with Gasteiger partial charge in [0, 0.05) is 4.83 Å². The molecule has 2 nitrogen and oxygen atoms in total. The Bertz CT molecular complexity index is 271. The molecule has 1 aromatic rings. The number of hydrogen-bond donors (Lipinski definition) is 2. The molecule has 66 valence electrons. The second-order valence-electron chi connectivity index (χ2n) is 2.77. The number of phenolic OH excluding ortho intramolecular Hbond substituents is 2. The Kier molecular flexibility index (Phi) is 2.98. The van der Waals surface area contributed by atoms with Gasteiger partial charge in [-0.1, -0.05) is 35.0 Å². The summed E-state index contributed by atoms with van der Waals surface area (Å²) in [7, 11) is 0. The molecular weight excluding hydrogens is 220 g/mol. The van der Waals surface area contributed by atoms with Gasteiger partial charge in [0.2, 0.25) is 0 Å². The summed E-state index contributed by atoms with van der Waals surface area (Å²) in [6.45, 7) is 1.99. The maximum absolute atomic E-state index is 9.38. The SMILES string of the molecule is CC(Br)Cc1cccc(O)c1O. The molecule has 0 amide bonds. The van der Waals surface area contributed by atoms with E-state index in [-0.39, 0.29) is 11.5 Å². The fraction of sp³-hybridized carbons (Fsp3) is 0.333. The third-order valence-corrected chi connectivity index (χ3v) is 1.92. The number of halogens is 1. The van der Waals surface area contributed by atoms with Crippen LogP contribution in [-0.4, -0.2) is 15.0 Å². The summed E-state index contributed by atoms with van der Waals surface area (Å²) in [6, 6.07) is 4.99. The average molecular weight is 231 g/mol. The molecule has 3 heteroatoms. The van der Waals surface area contributed by atoms with Crippen molar-refractivity contribution in [2.75, 3.05) is 0 Å². The van der Waals surface area contributed by atoms with Gasteiger partial charge >= 0.3 is 0 Å². The topological polar surface area (TPSA) is 40.5 Å². The number of para-hydroxylation sites is 1. The summed E-state index contributed by atoms with van der Waals surface area (Å²) in [4.78, 5) is 0.296. The highest BCUT2D eigenvalue weighted by Crippen LogP contribution is 2.29. The van der Waals surface area contributed by atoms with E-state index in [1.807, 2.05) is 6.92 Å². The molecule has 0 saturated carbocycles. The molecule has 0 aliphatic rings. The van der Waals surface area contributed by atoms with E-state index >= 15 is 0 Å². The molecule has 0 aliphatic carbocycles. The predicted molar refractivity (Wildman–Crippen MR) is 51.9 cm³/mol. The van der Waals surface area contributed by atoms with Crippen LogP contribution in [-0.2, 0) is 6.42 Å². The predicted octanol–water partition coefficient (Wildman–Crippen LogP) is 2.42. The molecule has 0 heterocycles. The van der Waals surface area contributed by atoms with Gasteiger partial charge in [0.1, 0.15) is 0 Å². The second kappa shape index (κ2) is 3.81. The molecule has 0 aliphatic heterocycles. The van der Waals surface area contributed by atoms with E-state index in [2.05, 4.69) is 15.9 Å². The number of phenols is 2. The maximum Gasteiger partial charge on any atom is 0.160 e. The summed E-state index contributed by atoms with van der Waals surface area (Å²) in [6.07, 6.45) is 0.709. The summed E-state index contributed by atoms with van der Waals surface area (Å²) in [5.74, 6) is -0.0653. The number of rotatable bonds is 2. The van der Waals surface area contributed by atoms with Crippen molar-refractivity contribution in [1.82, 2.24) is 0 Å². The number of alkyl halides is 1. The molecule has 1 aromatic carbocycles. The summed E-state index contributed by atoms with van der Waals surface area (Å²) >= 11 is 3.38. The zero-order chi connectivity index (χ0) is 9.14. The zero-order valence-corrected chi connectivity index (χ0v) is 8.37. The monoisotopic (exact) mass is 230 g/mol. The van der Waals surface area contributed by atoms with Gasteiger partial charge in [-0.25, -0.2) is 0 Å². The van der Waals surface area contributed by atoms with Crippen molar-refractivity contribution >= 4 is 15.9 Å². The van der Waals surface area contributed by atoms with Crippen LogP contribution in [0.25, 0.3) is 0 Å². The molecule has 12 heavy (non-hydrogen) atoms. The molecule has 1 rings (SSSR count). The van der Waals surface area contributed by atoms with Crippen LogP contribution in [0, 0.1) is 0 Å². The van der Waals surface area contributed by atoms with Gasteiger partial charge in [-0.2, -0.15) is 0 Å². The lowest BCUT2D eigenvalue weighted by Gasteiger charge is -2.06. The minimum atomic E-state index is -0.0550. The molecule has 0 bridgehead atoms. The first kappa shape index (κ1) is 9.39. The van der Waals surface area contributed by atoms with Crippen molar-refractivity contribution in [2.24, 2.45) is 0 Å². The molecule has 2 N–H and O–H groups in total. The average Bonchev–Trinajstić information content (AvgIpc) is 1.98. The highest BCUT2D eigenvalue weighted by molar-refractivity contribution is 9.09. The van der Waals surface area contributed by atoms with Gasteiger partial charge < -0.3 is 10.2 Å². The van der Waals surface area contributed by atoms with E-state index in [0.29, 0.717) is 11.2 Å². The lowest BCUT2D eigenvalue weighted by Crippen LogP contribution is -1.96. The molecule has 0 saturated heterocycles. The van der Waals surface area contributed by atoms with Crippen LogP contribution in [0.1, 0.15) is 12.5 Å². The van der Waals surface area contributed by atoms with Gasteiger partial charge in [0.15, 0.2) is 11.5 Å². The number of aromatic hydroxyl groups is 2. The summed E-state index contributed by atoms with van der Waals surface area (Å²) < 4.78 is 0. The molecule has 1 unspecified atom stereocenters. The number of benzene rings is 1. The fourth-order valence-corrected chi connectivity index (χ4v) is 1.39. The first-order valence-corrected chi connectivity index (χ1v) is 4.66. The number of hydrogen-bond acceptors (Lipinski definition) is 2. The molecule has 0 fully saturated rings. The minimum absolute atomic E-state index is 0.0104. The van der Waals surface area contributed by atoms with Crippen LogP contribution in [0.3, 0.4) is 0 Å². The summed E-state index contributed by atoms with van der Waals surface area (Å²) in [5.41, 5.74) is 0.763.